The molecule has 5 heteroatoms. The zero-order valence-corrected chi connectivity index (χ0v) is 12.0. The summed E-state index contributed by atoms with van der Waals surface area (Å²) >= 11 is 1.70. The zero-order chi connectivity index (χ0) is 11.3. The molecule has 3 nitrogen and oxygen atoms in total. The first-order chi connectivity index (χ1) is 6.97. The fourth-order valence-electron chi connectivity index (χ4n) is 1.53. The number of rotatable bonds is 3. The molecule has 0 unspecified atom stereocenters. The maximum absolute atomic E-state index is 11.6. The third kappa shape index (κ3) is 7.36. The highest BCUT2D eigenvalue weighted by Crippen LogP contribution is 2.22. The van der Waals surface area contributed by atoms with Crippen molar-refractivity contribution >= 4 is 30.1 Å². The van der Waals surface area contributed by atoms with Crippen molar-refractivity contribution in [1.29, 1.82) is 0 Å². The largest absolute Gasteiger partial charge is 0.351 e. The van der Waals surface area contributed by atoms with Crippen LogP contribution in [0.25, 0.3) is 0 Å². The van der Waals surface area contributed by atoms with Crippen molar-refractivity contribution in [3.63, 3.8) is 0 Å². The van der Waals surface area contributed by atoms with Gasteiger partial charge in [-0.15, -0.1) is 24.2 Å². The second-order valence-corrected chi connectivity index (χ2v) is 6.81. The molecule has 1 aliphatic rings. The van der Waals surface area contributed by atoms with Crippen LogP contribution in [0, 0.1) is 0 Å². The molecule has 1 heterocycles. The minimum atomic E-state index is 0. The van der Waals surface area contributed by atoms with E-state index in [2.05, 4.69) is 31.4 Å². The van der Waals surface area contributed by atoms with Crippen molar-refractivity contribution < 1.29 is 4.79 Å². The summed E-state index contributed by atoms with van der Waals surface area (Å²) in [5, 5.41) is 6.36. The molecular weight excluding hydrogens is 244 g/mol. The molecule has 1 aliphatic heterocycles. The van der Waals surface area contributed by atoms with E-state index >= 15 is 0 Å². The van der Waals surface area contributed by atoms with E-state index in [4.69, 9.17) is 0 Å². The molecule has 16 heavy (non-hydrogen) atoms. The summed E-state index contributed by atoms with van der Waals surface area (Å²) in [4.78, 5) is 11.6. The Morgan fingerprint density at radius 2 is 2.19 bits per heavy atom. The molecule has 0 radical (unpaired) electrons. The lowest BCUT2D eigenvalue weighted by atomic mass is 10.1. The molecule has 0 bridgehead atoms. The Morgan fingerprint density at radius 3 is 2.69 bits per heavy atom. The van der Waals surface area contributed by atoms with E-state index in [0.717, 1.165) is 25.9 Å². The number of carbonyl (C=O) groups is 1. The van der Waals surface area contributed by atoms with Gasteiger partial charge in [-0.25, -0.2) is 0 Å². The Morgan fingerprint density at radius 1 is 1.50 bits per heavy atom. The van der Waals surface area contributed by atoms with Crippen LogP contribution in [0.5, 0.6) is 0 Å². The highest BCUT2D eigenvalue weighted by atomic mass is 35.5. The number of thioether (sulfide) groups is 1. The van der Waals surface area contributed by atoms with Crippen LogP contribution in [0.15, 0.2) is 0 Å². The summed E-state index contributed by atoms with van der Waals surface area (Å²) in [5.74, 6) is 0.739. The molecule has 1 atom stereocenters. The summed E-state index contributed by atoms with van der Waals surface area (Å²) in [7, 11) is 0. The Hall–Kier alpha value is 0.0700. The van der Waals surface area contributed by atoms with Gasteiger partial charge in [0.05, 0.1) is 5.75 Å². The Labute approximate surface area is 109 Å². The first kappa shape index (κ1) is 16.1. The summed E-state index contributed by atoms with van der Waals surface area (Å²) in [6, 6.07) is 0.340. The molecule has 1 amide bonds. The topological polar surface area (TPSA) is 41.1 Å². The summed E-state index contributed by atoms with van der Waals surface area (Å²) < 4.78 is 0.169. The van der Waals surface area contributed by atoms with Gasteiger partial charge in [0.15, 0.2) is 0 Å². The van der Waals surface area contributed by atoms with Crippen LogP contribution in [0.2, 0.25) is 0 Å². The fourth-order valence-corrected chi connectivity index (χ4v) is 2.17. The number of carbonyl (C=O) groups excluding carboxylic acids is 1. The predicted molar refractivity (Wildman–Crippen MR) is 73.5 cm³/mol. The Bertz CT molecular complexity index is 213. The van der Waals surface area contributed by atoms with Crippen molar-refractivity contribution in [2.24, 2.45) is 0 Å². The third-order valence-corrected chi connectivity index (χ3v) is 3.57. The van der Waals surface area contributed by atoms with Gasteiger partial charge in [-0.3, -0.25) is 4.79 Å². The molecule has 0 aromatic heterocycles. The van der Waals surface area contributed by atoms with Gasteiger partial charge in [0.25, 0.3) is 0 Å². The lowest BCUT2D eigenvalue weighted by Gasteiger charge is -2.24. The maximum atomic E-state index is 11.6. The van der Waals surface area contributed by atoms with E-state index in [9.17, 15) is 4.79 Å². The molecule has 1 fully saturated rings. The SMILES string of the molecule is CC(C)(C)SCC(=O)N[C@H]1CCCNC1.Cl. The molecule has 0 spiro atoms. The van der Waals surface area contributed by atoms with Gasteiger partial charge >= 0.3 is 0 Å². The standard InChI is InChI=1S/C11H22N2OS.ClH/c1-11(2,3)15-8-10(14)13-9-5-4-6-12-7-9;/h9,12H,4-8H2,1-3H3,(H,13,14);1H/t9-;/m0./s1. The second-order valence-electron chi connectivity index (χ2n) is 5.01. The normalized spacial score (nSPS) is 21.1. The Kier molecular flexibility index (Phi) is 7.44. The van der Waals surface area contributed by atoms with Gasteiger partial charge in [0, 0.05) is 17.3 Å². The van der Waals surface area contributed by atoms with E-state index in [1.54, 1.807) is 11.8 Å². The minimum absolute atomic E-state index is 0. The predicted octanol–water partition coefficient (Wildman–Crippen LogP) is 1.81. The number of nitrogens with one attached hydrogen (secondary N) is 2. The monoisotopic (exact) mass is 266 g/mol. The number of halogens is 1. The highest BCUT2D eigenvalue weighted by Gasteiger charge is 2.17. The number of piperidine rings is 1. The average molecular weight is 267 g/mol. The first-order valence-corrected chi connectivity index (χ1v) is 6.60. The van der Waals surface area contributed by atoms with Gasteiger partial charge in [-0.2, -0.15) is 0 Å². The number of amides is 1. The van der Waals surface area contributed by atoms with Gasteiger partial charge in [-0.1, -0.05) is 20.8 Å². The molecular formula is C11H23ClN2OS. The maximum Gasteiger partial charge on any atom is 0.230 e. The van der Waals surface area contributed by atoms with Crippen molar-refractivity contribution in [2.75, 3.05) is 18.8 Å². The summed E-state index contributed by atoms with van der Waals surface area (Å²) in [6.07, 6.45) is 2.27. The van der Waals surface area contributed by atoms with E-state index in [0.29, 0.717) is 11.8 Å². The quantitative estimate of drug-likeness (QED) is 0.819. The fraction of sp³-hybridized carbons (Fsp3) is 0.909. The lowest BCUT2D eigenvalue weighted by Crippen LogP contribution is -2.46. The van der Waals surface area contributed by atoms with Crippen LogP contribution in [0.4, 0.5) is 0 Å². The van der Waals surface area contributed by atoms with Crippen molar-refractivity contribution in [3.05, 3.63) is 0 Å². The van der Waals surface area contributed by atoms with Crippen LogP contribution in [0.3, 0.4) is 0 Å². The smallest absolute Gasteiger partial charge is 0.230 e. The lowest BCUT2D eigenvalue weighted by molar-refractivity contribution is -0.119. The van der Waals surface area contributed by atoms with Crippen molar-refractivity contribution in [1.82, 2.24) is 10.6 Å². The van der Waals surface area contributed by atoms with E-state index in [1.165, 1.54) is 0 Å². The van der Waals surface area contributed by atoms with Gasteiger partial charge < -0.3 is 10.6 Å². The van der Waals surface area contributed by atoms with Crippen molar-refractivity contribution in [2.45, 2.75) is 44.4 Å². The average Bonchev–Trinajstić information content (AvgIpc) is 2.15. The zero-order valence-electron chi connectivity index (χ0n) is 10.3. The number of hydrogen-bond acceptors (Lipinski definition) is 3. The molecule has 0 aliphatic carbocycles. The van der Waals surface area contributed by atoms with Gasteiger partial charge in [0.1, 0.15) is 0 Å². The molecule has 2 N–H and O–H groups in total. The molecule has 0 aromatic carbocycles. The van der Waals surface area contributed by atoms with Crippen LogP contribution in [-0.4, -0.2) is 35.5 Å². The third-order valence-electron chi connectivity index (χ3n) is 2.30. The van der Waals surface area contributed by atoms with E-state index in [1.807, 2.05) is 0 Å². The molecule has 0 saturated carbocycles. The Balaban J connectivity index is 0.00000225. The number of hydrogen-bond donors (Lipinski definition) is 2. The summed E-state index contributed by atoms with van der Waals surface area (Å²) in [5.41, 5.74) is 0. The second kappa shape index (κ2) is 7.41. The van der Waals surface area contributed by atoms with Crippen LogP contribution in [-0.2, 0) is 4.79 Å². The molecule has 1 rings (SSSR count). The van der Waals surface area contributed by atoms with Gasteiger partial charge in [-0.05, 0) is 19.4 Å². The molecule has 96 valence electrons. The highest BCUT2D eigenvalue weighted by molar-refractivity contribution is 8.01. The van der Waals surface area contributed by atoms with E-state index in [-0.39, 0.29) is 23.1 Å². The van der Waals surface area contributed by atoms with Crippen LogP contribution < -0.4 is 10.6 Å². The van der Waals surface area contributed by atoms with Crippen LogP contribution in [0.1, 0.15) is 33.6 Å². The first-order valence-electron chi connectivity index (χ1n) is 5.61. The molecule has 0 aromatic rings. The minimum Gasteiger partial charge on any atom is -0.351 e. The van der Waals surface area contributed by atoms with Crippen LogP contribution >= 0.6 is 24.2 Å². The van der Waals surface area contributed by atoms with E-state index < -0.39 is 0 Å². The van der Waals surface area contributed by atoms with Crippen molar-refractivity contribution in [3.8, 4) is 0 Å². The molecule has 1 saturated heterocycles. The summed E-state index contributed by atoms with van der Waals surface area (Å²) in [6.45, 7) is 8.41. The van der Waals surface area contributed by atoms with Gasteiger partial charge in [0.2, 0.25) is 5.91 Å².